The van der Waals surface area contributed by atoms with Crippen LogP contribution in [0.1, 0.15) is 47.5 Å². The summed E-state index contributed by atoms with van der Waals surface area (Å²) in [6.07, 6.45) is 3.15. The summed E-state index contributed by atoms with van der Waals surface area (Å²) in [6.45, 7) is 3.30. The van der Waals surface area contributed by atoms with E-state index in [1.807, 2.05) is 48.2 Å². The van der Waals surface area contributed by atoms with Gasteiger partial charge in [0, 0.05) is 32.1 Å². The van der Waals surface area contributed by atoms with Gasteiger partial charge in [-0.1, -0.05) is 12.1 Å². The minimum Gasteiger partial charge on any atom is -0.467 e. The highest BCUT2D eigenvalue weighted by molar-refractivity contribution is 5.94. The molecule has 5 nitrogen and oxygen atoms in total. The molecule has 2 aromatic rings. The molecule has 0 bridgehead atoms. The van der Waals surface area contributed by atoms with Crippen LogP contribution in [0, 0.1) is 0 Å². The second-order valence-electron chi connectivity index (χ2n) is 6.23. The summed E-state index contributed by atoms with van der Waals surface area (Å²) < 4.78 is 5.39. The molecule has 5 heteroatoms. The van der Waals surface area contributed by atoms with Gasteiger partial charge in [-0.05, 0) is 43.2 Å². The first-order valence-corrected chi connectivity index (χ1v) is 8.23. The summed E-state index contributed by atoms with van der Waals surface area (Å²) in [5, 5.41) is 0. The minimum atomic E-state index is -0.142. The number of benzene rings is 1. The van der Waals surface area contributed by atoms with Crippen molar-refractivity contribution < 1.29 is 14.0 Å². The van der Waals surface area contributed by atoms with Crippen molar-refractivity contribution in [3.8, 4) is 0 Å². The largest absolute Gasteiger partial charge is 0.467 e. The van der Waals surface area contributed by atoms with Crippen LogP contribution < -0.4 is 0 Å². The van der Waals surface area contributed by atoms with Gasteiger partial charge >= 0.3 is 0 Å². The number of nitrogens with zero attached hydrogens (tertiary/aromatic N) is 2. The number of hydrogen-bond donors (Lipinski definition) is 0. The highest BCUT2D eigenvalue weighted by Gasteiger charge is 2.22. The molecule has 1 atom stereocenters. The number of likely N-dealkylation sites (tertiary alicyclic amines) is 1. The van der Waals surface area contributed by atoms with E-state index in [0.717, 1.165) is 24.3 Å². The van der Waals surface area contributed by atoms with Gasteiger partial charge in [0.15, 0.2) is 0 Å². The van der Waals surface area contributed by atoms with Crippen molar-refractivity contribution in [2.75, 3.05) is 13.6 Å². The normalized spacial score (nSPS) is 15.6. The van der Waals surface area contributed by atoms with Crippen LogP contribution in [0.25, 0.3) is 0 Å². The Labute approximate surface area is 141 Å². The fourth-order valence-corrected chi connectivity index (χ4v) is 2.99. The average Bonchev–Trinajstić information content (AvgIpc) is 3.26. The van der Waals surface area contributed by atoms with Gasteiger partial charge in [-0.15, -0.1) is 0 Å². The predicted molar refractivity (Wildman–Crippen MR) is 90.3 cm³/mol. The molecule has 126 valence electrons. The van der Waals surface area contributed by atoms with Crippen molar-refractivity contribution in [2.45, 2.75) is 32.4 Å². The topological polar surface area (TPSA) is 53.8 Å². The second-order valence-corrected chi connectivity index (χ2v) is 6.23. The lowest BCUT2D eigenvalue weighted by Gasteiger charge is -2.24. The molecule has 1 aliphatic rings. The summed E-state index contributed by atoms with van der Waals surface area (Å²) in [7, 11) is 1.77. The van der Waals surface area contributed by atoms with Gasteiger partial charge in [0.25, 0.3) is 5.91 Å². The van der Waals surface area contributed by atoms with Gasteiger partial charge in [0.05, 0.1) is 12.3 Å². The third-order valence-corrected chi connectivity index (χ3v) is 4.57. The van der Waals surface area contributed by atoms with E-state index in [9.17, 15) is 9.59 Å². The molecule has 24 heavy (non-hydrogen) atoms. The summed E-state index contributed by atoms with van der Waals surface area (Å²) >= 11 is 0. The van der Waals surface area contributed by atoms with E-state index in [1.54, 1.807) is 18.2 Å². The van der Waals surface area contributed by atoms with Crippen LogP contribution in [0.15, 0.2) is 47.1 Å². The van der Waals surface area contributed by atoms with Crippen molar-refractivity contribution in [3.05, 3.63) is 59.5 Å². The zero-order chi connectivity index (χ0) is 17.1. The predicted octanol–water partition coefficient (Wildman–Crippen LogP) is 3.24. The van der Waals surface area contributed by atoms with Crippen LogP contribution in [-0.2, 0) is 11.3 Å². The molecule has 1 unspecified atom stereocenters. The molecule has 1 aliphatic heterocycles. The van der Waals surface area contributed by atoms with Gasteiger partial charge in [-0.25, -0.2) is 0 Å². The molecule has 1 aromatic carbocycles. The maximum atomic E-state index is 12.7. The average molecular weight is 326 g/mol. The Bertz CT molecular complexity index is 724. The van der Waals surface area contributed by atoms with E-state index < -0.39 is 0 Å². The summed E-state index contributed by atoms with van der Waals surface area (Å²) in [5.41, 5.74) is 1.61. The molecule has 1 saturated heterocycles. The van der Waals surface area contributed by atoms with Crippen LogP contribution in [0.5, 0.6) is 0 Å². The van der Waals surface area contributed by atoms with Crippen molar-refractivity contribution in [1.29, 1.82) is 0 Å². The molecule has 1 aromatic heterocycles. The standard InChI is InChI=1S/C19H22N2O3/c1-14(17-8-5-11-24-17)20(2)19(23)16-7-3-6-15(12-16)13-21-10-4-9-18(21)22/h3,5-8,11-12,14H,4,9-10,13H2,1-2H3. The lowest BCUT2D eigenvalue weighted by atomic mass is 10.1. The Morgan fingerprint density at radius 2 is 2.17 bits per heavy atom. The molecule has 0 N–H and O–H groups in total. The molecular formula is C19H22N2O3. The Morgan fingerprint density at radius 1 is 1.33 bits per heavy atom. The van der Waals surface area contributed by atoms with E-state index in [4.69, 9.17) is 4.42 Å². The number of hydrogen-bond acceptors (Lipinski definition) is 3. The van der Waals surface area contributed by atoms with Crippen LogP contribution >= 0.6 is 0 Å². The number of carbonyl (C=O) groups is 2. The Hall–Kier alpha value is -2.56. The van der Waals surface area contributed by atoms with Gasteiger partial charge < -0.3 is 14.2 Å². The van der Waals surface area contributed by atoms with Crippen LogP contribution in [-0.4, -0.2) is 35.2 Å². The maximum Gasteiger partial charge on any atom is 0.254 e. The number of furan rings is 1. The van der Waals surface area contributed by atoms with E-state index in [-0.39, 0.29) is 17.9 Å². The smallest absolute Gasteiger partial charge is 0.254 e. The highest BCUT2D eigenvalue weighted by atomic mass is 16.3. The Morgan fingerprint density at radius 3 is 2.83 bits per heavy atom. The minimum absolute atomic E-state index is 0.0616. The number of carbonyl (C=O) groups excluding carboxylic acids is 2. The van der Waals surface area contributed by atoms with Crippen LogP contribution in [0.4, 0.5) is 0 Å². The second kappa shape index (κ2) is 6.91. The lowest BCUT2D eigenvalue weighted by molar-refractivity contribution is -0.128. The SMILES string of the molecule is CC(c1ccco1)N(C)C(=O)c1cccc(CN2CCCC2=O)c1. The molecule has 0 spiro atoms. The zero-order valence-corrected chi connectivity index (χ0v) is 14.1. The first-order chi connectivity index (χ1) is 11.6. The number of rotatable bonds is 5. The third kappa shape index (κ3) is 3.35. The highest BCUT2D eigenvalue weighted by Crippen LogP contribution is 2.22. The van der Waals surface area contributed by atoms with E-state index >= 15 is 0 Å². The van der Waals surface area contributed by atoms with Gasteiger partial charge in [-0.3, -0.25) is 9.59 Å². The van der Waals surface area contributed by atoms with Crippen molar-refractivity contribution in [1.82, 2.24) is 9.80 Å². The molecule has 0 saturated carbocycles. The third-order valence-electron chi connectivity index (χ3n) is 4.57. The monoisotopic (exact) mass is 326 g/mol. The lowest BCUT2D eigenvalue weighted by Crippen LogP contribution is -2.29. The van der Waals surface area contributed by atoms with E-state index in [2.05, 4.69) is 0 Å². The molecule has 2 heterocycles. The molecule has 1 fully saturated rings. The van der Waals surface area contributed by atoms with E-state index in [0.29, 0.717) is 18.5 Å². The van der Waals surface area contributed by atoms with E-state index in [1.165, 1.54) is 0 Å². The quantitative estimate of drug-likeness (QED) is 0.847. The summed E-state index contributed by atoms with van der Waals surface area (Å²) in [4.78, 5) is 28.0. The summed E-state index contributed by atoms with van der Waals surface area (Å²) in [6, 6.07) is 11.0. The van der Waals surface area contributed by atoms with Gasteiger partial charge in [0.1, 0.15) is 5.76 Å². The molecule has 3 rings (SSSR count). The zero-order valence-electron chi connectivity index (χ0n) is 14.1. The molecule has 2 amide bonds. The Balaban J connectivity index is 1.73. The maximum absolute atomic E-state index is 12.7. The first-order valence-electron chi connectivity index (χ1n) is 8.23. The Kier molecular flexibility index (Phi) is 4.69. The van der Waals surface area contributed by atoms with Crippen molar-refractivity contribution >= 4 is 11.8 Å². The molecule has 0 radical (unpaired) electrons. The fraction of sp³-hybridized carbons (Fsp3) is 0.368. The van der Waals surface area contributed by atoms with Gasteiger partial charge in [0.2, 0.25) is 5.91 Å². The van der Waals surface area contributed by atoms with Crippen LogP contribution in [0.3, 0.4) is 0 Å². The molecule has 0 aliphatic carbocycles. The first kappa shape index (κ1) is 16.3. The van der Waals surface area contributed by atoms with Crippen molar-refractivity contribution in [3.63, 3.8) is 0 Å². The van der Waals surface area contributed by atoms with Gasteiger partial charge in [-0.2, -0.15) is 0 Å². The van der Waals surface area contributed by atoms with Crippen molar-refractivity contribution in [2.24, 2.45) is 0 Å². The summed E-state index contributed by atoms with van der Waals surface area (Å²) in [5.74, 6) is 0.883. The number of amides is 2. The fourth-order valence-electron chi connectivity index (χ4n) is 2.99. The van der Waals surface area contributed by atoms with Crippen LogP contribution in [0.2, 0.25) is 0 Å². The molecular weight excluding hydrogens is 304 g/mol.